The number of hydrogen-bond donors (Lipinski definition) is 1. The SMILES string of the molecule is CCOC(=O)C(CC)(C(=O)ON)C(=O)OC(C)(C)C. The Kier molecular flexibility index (Phi) is 5.95. The predicted molar refractivity (Wildman–Crippen MR) is 65.5 cm³/mol. The highest BCUT2D eigenvalue weighted by Gasteiger charge is 2.57. The third kappa shape index (κ3) is 3.92. The third-order valence-electron chi connectivity index (χ3n) is 2.36. The first-order valence-electron chi connectivity index (χ1n) is 5.97. The Morgan fingerprint density at radius 3 is 1.84 bits per heavy atom. The van der Waals surface area contributed by atoms with Crippen molar-refractivity contribution in [1.29, 1.82) is 0 Å². The van der Waals surface area contributed by atoms with Crippen molar-refractivity contribution >= 4 is 17.9 Å². The van der Waals surface area contributed by atoms with Gasteiger partial charge in [0, 0.05) is 0 Å². The summed E-state index contributed by atoms with van der Waals surface area (Å²) < 4.78 is 9.85. The summed E-state index contributed by atoms with van der Waals surface area (Å²) in [4.78, 5) is 39.9. The van der Waals surface area contributed by atoms with E-state index < -0.39 is 28.9 Å². The van der Waals surface area contributed by atoms with E-state index >= 15 is 0 Å². The smallest absolute Gasteiger partial charge is 0.353 e. The first-order chi connectivity index (χ1) is 8.65. The van der Waals surface area contributed by atoms with Gasteiger partial charge in [0.1, 0.15) is 5.60 Å². The van der Waals surface area contributed by atoms with E-state index in [9.17, 15) is 14.4 Å². The number of ether oxygens (including phenoxy) is 2. The number of rotatable bonds is 5. The second kappa shape index (κ2) is 6.51. The van der Waals surface area contributed by atoms with Crippen LogP contribution >= 0.6 is 0 Å². The molecule has 0 saturated heterocycles. The van der Waals surface area contributed by atoms with Crippen LogP contribution in [0.15, 0.2) is 0 Å². The summed E-state index contributed by atoms with van der Waals surface area (Å²) in [5.41, 5.74) is -3.04. The highest BCUT2D eigenvalue weighted by Crippen LogP contribution is 2.29. The van der Waals surface area contributed by atoms with Gasteiger partial charge in [0.25, 0.3) is 5.41 Å². The summed E-state index contributed by atoms with van der Waals surface area (Å²) in [7, 11) is 0. The zero-order chi connectivity index (χ0) is 15.3. The quantitative estimate of drug-likeness (QED) is 0.447. The molecule has 110 valence electrons. The van der Waals surface area contributed by atoms with Crippen molar-refractivity contribution in [2.24, 2.45) is 11.3 Å². The first kappa shape index (κ1) is 17.4. The maximum atomic E-state index is 12.1. The van der Waals surface area contributed by atoms with Gasteiger partial charge in [-0.15, -0.1) is 0 Å². The maximum Gasteiger partial charge on any atom is 0.353 e. The van der Waals surface area contributed by atoms with Gasteiger partial charge in [-0.3, -0.25) is 9.59 Å². The molecule has 0 spiro atoms. The van der Waals surface area contributed by atoms with Crippen molar-refractivity contribution < 1.29 is 28.7 Å². The van der Waals surface area contributed by atoms with Gasteiger partial charge in [0.05, 0.1) is 6.61 Å². The van der Waals surface area contributed by atoms with Gasteiger partial charge in [0.2, 0.25) is 0 Å². The molecule has 19 heavy (non-hydrogen) atoms. The molecule has 0 bridgehead atoms. The van der Waals surface area contributed by atoms with Gasteiger partial charge in [-0.2, -0.15) is 5.90 Å². The summed E-state index contributed by atoms with van der Waals surface area (Å²) in [5.74, 6) is 1.56. The van der Waals surface area contributed by atoms with Crippen LogP contribution in [-0.2, 0) is 28.7 Å². The van der Waals surface area contributed by atoms with Crippen LogP contribution in [0.25, 0.3) is 0 Å². The van der Waals surface area contributed by atoms with E-state index in [0.717, 1.165) is 0 Å². The highest BCUT2D eigenvalue weighted by molar-refractivity contribution is 6.17. The normalized spacial score (nSPS) is 14.2. The Morgan fingerprint density at radius 2 is 1.53 bits per heavy atom. The van der Waals surface area contributed by atoms with Crippen LogP contribution in [0.4, 0.5) is 0 Å². The Hall–Kier alpha value is -1.63. The van der Waals surface area contributed by atoms with Crippen LogP contribution in [0.2, 0.25) is 0 Å². The van der Waals surface area contributed by atoms with Crippen molar-refractivity contribution in [3.8, 4) is 0 Å². The minimum Gasteiger partial charge on any atom is -0.465 e. The molecule has 0 amide bonds. The van der Waals surface area contributed by atoms with Crippen molar-refractivity contribution in [3.63, 3.8) is 0 Å². The molecule has 7 heteroatoms. The number of nitrogens with two attached hydrogens (primary N) is 1. The van der Waals surface area contributed by atoms with E-state index in [2.05, 4.69) is 4.84 Å². The molecule has 0 fully saturated rings. The van der Waals surface area contributed by atoms with Crippen LogP contribution < -0.4 is 5.90 Å². The Labute approximate surface area is 112 Å². The fraction of sp³-hybridized carbons (Fsp3) is 0.750. The molecule has 0 radical (unpaired) electrons. The topological polar surface area (TPSA) is 105 Å². The van der Waals surface area contributed by atoms with E-state index in [-0.39, 0.29) is 13.0 Å². The van der Waals surface area contributed by atoms with E-state index in [0.29, 0.717) is 0 Å². The number of carbonyl (C=O) groups excluding carboxylic acids is 3. The average Bonchev–Trinajstić information content (AvgIpc) is 2.28. The largest absolute Gasteiger partial charge is 0.465 e. The Balaban J connectivity index is 5.54. The fourth-order valence-electron chi connectivity index (χ4n) is 1.40. The monoisotopic (exact) mass is 275 g/mol. The van der Waals surface area contributed by atoms with Gasteiger partial charge in [-0.1, -0.05) is 6.92 Å². The molecular weight excluding hydrogens is 254 g/mol. The number of hydrogen-bond acceptors (Lipinski definition) is 7. The molecule has 7 nitrogen and oxygen atoms in total. The first-order valence-corrected chi connectivity index (χ1v) is 5.97. The molecule has 0 aliphatic rings. The second-order valence-electron chi connectivity index (χ2n) is 4.89. The molecular formula is C12H21NO6. The van der Waals surface area contributed by atoms with E-state index in [4.69, 9.17) is 15.4 Å². The summed E-state index contributed by atoms with van der Waals surface area (Å²) in [6.07, 6.45) is -0.170. The van der Waals surface area contributed by atoms with E-state index in [1.54, 1.807) is 27.7 Å². The predicted octanol–water partition coefficient (Wildman–Crippen LogP) is 0.704. The molecule has 2 N–H and O–H groups in total. The highest BCUT2D eigenvalue weighted by atomic mass is 16.7. The molecule has 1 unspecified atom stereocenters. The summed E-state index contributed by atoms with van der Waals surface area (Å²) in [5, 5.41) is 0. The van der Waals surface area contributed by atoms with Gasteiger partial charge in [-0.05, 0) is 34.1 Å². The molecule has 0 aliphatic heterocycles. The zero-order valence-electron chi connectivity index (χ0n) is 11.9. The van der Waals surface area contributed by atoms with Crippen LogP contribution in [0.1, 0.15) is 41.0 Å². The molecule has 0 aromatic heterocycles. The third-order valence-corrected chi connectivity index (χ3v) is 2.36. The lowest BCUT2D eigenvalue weighted by molar-refractivity contribution is -0.189. The maximum absolute atomic E-state index is 12.1. The van der Waals surface area contributed by atoms with E-state index in [1.165, 1.54) is 6.92 Å². The Morgan fingerprint density at radius 1 is 1.00 bits per heavy atom. The van der Waals surface area contributed by atoms with Crippen LogP contribution in [0.5, 0.6) is 0 Å². The van der Waals surface area contributed by atoms with Gasteiger partial charge in [0.15, 0.2) is 0 Å². The standard InChI is InChI=1S/C12H21NO6/c1-6-12(10(16)19-13,8(14)17-7-2)9(15)18-11(3,4)5/h6-7,13H2,1-5H3. The summed E-state index contributed by atoms with van der Waals surface area (Å²) in [6, 6.07) is 0. The lowest BCUT2D eigenvalue weighted by Gasteiger charge is -2.29. The van der Waals surface area contributed by atoms with Crippen LogP contribution in [0, 0.1) is 5.41 Å². The van der Waals surface area contributed by atoms with Crippen LogP contribution in [0.3, 0.4) is 0 Å². The van der Waals surface area contributed by atoms with Gasteiger partial charge >= 0.3 is 17.9 Å². The summed E-state index contributed by atoms with van der Waals surface area (Å²) in [6.45, 7) is 7.89. The zero-order valence-corrected chi connectivity index (χ0v) is 11.9. The summed E-state index contributed by atoms with van der Waals surface area (Å²) >= 11 is 0. The second-order valence-corrected chi connectivity index (χ2v) is 4.89. The molecule has 0 saturated carbocycles. The van der Waals surface area contributed by atoms with E-state index in [1.807, 2.05) is 0 Å². The molecule has 0 aliphatic carbocycles. The number of carbonyl (C=O) groups is 3. The molecule has 0 rings (SSSR count). The molecule has 1 atom stereocenters. The van der Waals surface area contributed by atoms with Crippen molar-refractivity contribution in [3.05, 3.63) is 0 Å². The fourth-order valence-corrected chi connectivity index (χ4v) is 1.40. The minimum absolute atomic E-state index is 0.0151. The molecule has 0 aromatic rings. The lowest BCUT2D eigenvalue weighted by atomic mass is 9.85. The molecule has 0 aromatic carbocycles. The van der Waals surface area contributed by atoms with Crippen molar-refractivity contribution in [2.45, 2.75) is 46.6 Å². The Bertz CT molecular complexity index is 360. The number of esters is 2. The van der Waals surface area contributed by atoms with Gasteiger partial charge < -0.3 is 14.3 Å². The van der Waals surface area contributed by atoms with Crippen LogP contribution in [-0.4, -0.2) is 30.1 Å². The van der Waals surface area contributed by atoms with Crippen molar-refractivity contribution in [2.75, 3.05) is 6.61 Å². The van der Waals surface area contributed by atoms with Crippen molar-refractivity contribution in [1.82, 2.24) is 0 Å². The minimum atomic E-state index is -2.18. The average molecular weight is 275 g/mol. The molecule has 0 heterocycles. The lowest BCUT2D eigenvalue weighted by Crippen LogP contribution is -2.51. The van der Waals surface area contributed by atoms with Gasteiger partial charge in [-0.25, -0.2) is 4.79 Å².